The molecule has 0 radical (unpaired) electrons. The van der Waals surface area contributed by atoms with Crippen LogP contribution in [0.5, 0.6) is 5.75 Å². The predicted octanol–water partition coefficient (Wildman–Crippen LogP) is 3.07. The molecular weight excluding hydrogens is 458 g/mol. The van der Waals surface area contributed by atoms with Gasteiger partial charge >= 0.3 is 5.97 Å². The average Bonchev–Trinajstić information content (AvgIpc) is 2.85. The lowest BCUT2D eigenvalue weighted by Gasteiger charge is -2.08. The van der Waals surface area contributed by atoms with Gasteiger partial charge in [0.2, 0.25) is 0 Å². The van der Waals surface area contributed by atoms with Crippen molar-refractivity contribution in [3.8, 4) is 11.4 Å². The summed E-state index contributed by atoms with van der Waals surface area (Å²) < 4.78 is 3.03. The topological polar surface area (TPSA) is 104 Å². The zero-order valence-corrected chi connectivity index (χ0v) is 15.7. The van der Waals surface area contributed by atoms with Gasteiger partial charge in [-0.05, 0) is 44.0 Å². The van der Waals surface area contributed by atoms with Gasteiger partial charge in [0.1, 0.15) is 11.1 Å². The van der Waals surface area contributed by atoms with E-state index in [1.165, 1.54) is 6.20 Å². The number of carboxylic acids is 1. The largest absolute Gasteiger partial charge is 0.505 e. The van der Waals surface area contributed by atoms with Gasteiger partial charge in [-0.2, -0.15) is 0 Å². The summed E-state index contributed by atoms with van der Waals surface area (Å²) in [6.07, 6.45) is 1.45. The number of rotatable bonds is 4. The summed E-state index contributed by atoms with van der Waals surface area (Å²) in [7, 11) is 0. The molecule has 3 aromatic rings. The molecule has 2 aromatic heterocycles. The molecule has 25 heavy (non-hydrogen) atoms. The highest BCUT2D eigenvalue weighted by atomic mass is 79.9. The molecule has 1 aromatic carbocycles. The zero-order valence-electron chi connectivity index (χ0n) is 12.5. The first-order valence-electron chi connectivity index (χ1n) is 7.04. The van der Waals surface area contributed by atoms with Crippen LogP contribution in [0.25, 0.3) is 16.6 Å². The van der Waals surface area contributed by atoms with Crippen LogP contribution < -0.4 is 5.32 Å². The van der Waals surface area contributed by atoms with Crippen LogP contribution in [-0.2, 0) is 4.79 Å². The van der Waals surface area contributed by atoms with Gasteiger partial charge in [0.25, 0.3) is 5.91 Å². The number of para-hydroxylation sites is 1. The molecule has 0 bridgehead atoms. The number of nitrogens with zero attached hydrogens (tertiary/aromatic N) is 2. The Kier molecular flexibility index (Phi) is 4.78. The molecule has 0 unspecified atom stereocenters. The normalized spacial score (nSPS) is 10.8. The third-order valence-corrected chi connectivity index (χ3v) is 5.56. The number of fused-ring (bicyclic) bond motifs is 1. The van der Waals surface area contributed by atoms with Gasteiger partial charge in [0.15, 0.2) is 11.4 Å². The molecule has 0 spiro atoms. The van der Waals surface area contributed by atoms with Crippen molar-refractivity contribution >= 4 is 54.6 Å². The Bertz CT molecular complexity index is 986. The van der Waals surface area contributed by atoms with E-state index >= 15 is 0 Å². The summed E-state index contributed by atoms with van der Waals surface area (Å²) in [6, 6.07) is 9.42. The summed E-state index contributed by atoms with van der Waals surface area (Å²) >= 11 is 6.89. The number of carboxylic acid groups (broad SMARTS) is 1. The Morgan fingerprint density at radius 1 is 1.20 bits per heavy atom. The van der Waals surface area contributed by atoms with Crippen molar-refractivity contribution in [3.63, 3.8) is 0 Å². The minimum Gasteiger partial charge on any atom is -0.505 e. The molecule has 7 nitrogen and oxygen atoms in total. The Hall–Kier alpha value is -2.39. The third kappa shape index (κ3) is 3.12. The van der Waals surface area contributed by atoms with Gasteiger partial charge in [-0.3, -0.25) is 9.59 Å². The van der Waals surface area contributed by atoms with Crippen LogP contribution in [0, 0.1) is 0 Å². The lowest BCUT2D eigenvalue weighted by atomic mass is 10.2. The van der Waals surface area contributed by atoms with E-state index in [2.05, 4.69) is 42.2 Å². The number of halogens is 2. The molecular formula is C16H11Br2N3O4. The monoisotopic (exact) mass is 467 g/mol. The second-order valence-corrected chi connectivity index (χ2v) is 6.61. The molecule has 0 aliphatic heterocycles. The Balaban J connectivity index is 2.16. The first-order chi connectivity index (χ1) is 11.9. The maximum absolute atomic E-state index is 12.1. The van der Waals surface area contributed by atoms with Crippen molar-refractivity contribution in [1.29, 1.82) is 0 Å². The highest BCUT2D eigenvalue weighted by molar-refractivity contribution is 9.13. The standard InChI is InChI=1S/C16H11Br2N3O4/c17-12-11-9(21(15(12)18)8-4-2-1-3-5-8)6-19-13(14(11)24)16(25)20-7-10(22)23/h1-6,24H,7H2,(H,20,25)(H,22,23). The molecule has 0 aliphatic carbocycles. The molecule has 1 amide bonds. The maximum Gasteiger partial charge on any atom is 0.322 e. The van der Waals surface area contributed by atoms with Crippen LogP contribution in [0.2, 0.25) is 0 Å². The number of amides is 1. The van der Waals surface area contributed by atoms with E-state index in [1.807, 2.05) is 34.9 Å². The van der Waals surface area contributed by atoms with Crippen molar-refractivity contribution in [2.75, 3.05) is 6.54 Å². The van der Waals surface area contributed by atoms with Gasteiger partial charge in [-0.15, -0.1) is 0 Å². The van der Waals surface area contributed by atoms with Crippen LogP contribution >= 0.6 is 31.9 Å². The number of hydrogen-bond acceptors (Lipinski definition) is 4. The molecule has 0 aliphatic rings. The number of pyridine rings is 1. The van der Waals surface area contributed by atoms with E-state index in [0.29, 0.717) is 20.0 Å². The first kappa shape index (κ1) is 17.4. The van der Waals surface area contributed by atoms with Crippen LogP contribution in [0.15, 0.2) is 45.6 Å². The zero-order chi connectivity index (χ0) is 18.1. The molecule has 0 saturated heterocycles. The van der Waals surface area contributed by atoms with Crippen molar-refractivity contribution in [2.45, 2.75) is 0 Å². The van der Waals surface area contributed by atoms with Gasteiger partial charge in [-0.1, -0.05) is 18.2 Å². The second-order valence-electron chi connectivity index (χ2n) is 5.07. The Morgan fingerprint density at radius 2 is 1.88 bits per heavy atom. The smallest absolute Gasteiger partial charge is 0.322 e. The fourth-order valence-corrected chi connectivity index (χ4v) is 3.58. The number of aromatic nitrogens is 2. The summed E-state index contributed by atoms with van der Waals surface area (Å²) in [5.74, 6) is -2.28. The summed E-state index contributed by atoms with van der Waals surface area (Å²) in [6.45, 7) is -0.562. The van der Waals surface area contributed by atoms with E-state index in [4.69, 9.17) is 5.11 Å². The van der Waals surface area contributed by atoms with Crippen LogP contribution in [0.3, 0.4) is 0 Å². The summed E-state index contributed by atoms with van der Waals surface area (Å²) in [5.41, 5.74) is 1.18. The van der Waals surface area contributed by atoms with Gasteiger partial charge in [0, 0.05) is 5.69 Å². The number of aliphatic carboxylic acids is 1. The molecule has 128 valence electrons. The van der Waals surface area contributed by atoms with Gasteiger partial charge < -0.3 is 20.1 Å². The lowest BCUT2D eigenvalue weighted by molar-refractivity contribution is -0.135. The van der Waals surface area contributed by atoms with Crippen LogP contribution in [0.1, 0.15) is 10.5 Å². The minimum atomic E-state index is -1.19. The van der Waals surface area contributed by atoms with Crippen molar-refractivity contribution < 1.29 is 19.8 Å². The molecule has 3 N–H and O–H groups in total. The lowest BCUT2D eigenvalue weighted by Crippen LogP contribution is -2.29. The van der Waals surface area contributed by atoms with E-state index in [-0.39, 0.29) is 11.4 Å². The number of carbonyl (C=O) groups excluding carboxylic acids is 1. The Labute approximate surface area is 158 Å². The molecule has 2 heterocycles. The first-order valence-corrected chi connectivity index (χ1v) is 8.63. The van der Waals surface area contributed by atoms with Crippen molar-refractivity contribution in [3.05, 3.63) is 51.3 Å². The summed E-state index contributed by atoms with van der Waals surface area (Å²) in [4.78, 5) is 26.6. The third-order valence-electron chi connectivity index (χ3n) is 3.50. The molecule has 3 rings (SSSR count). The minimum absolute atomic E-state index is 0.243. The van der Waals surface area contributed by atoms with Crippen LogP contribution in [-0.4, -0.2) is 38.2 Å². The number of aromatic hydroxyl groups is 1. The quantitative estimate of drug-likeness (QED) is 0.545. The number of benzene rings is 1. The van der Waals surface area contributed by atoms with E-state index in [9.17, 15) is 14.7 Å². The number of nitrogens with one attached hydrogen (secondary N) is 1. The fraction of sp³-hybridized carbons (Fsp3) is 0.0625. The highest BCUT2D eigenvalue weighted by Crippen LogP contribution is 2.41. The Morgan fingerprint density at radius 3 is 2.52 bits per heavy atom. The van der Waals surface area contributed by atoms with E-state index in [0.717, 1.165) is 5.69 Å². The van der Waals surface area contributed by atoms with E-state index < -0.39 is 18.4 Å². The second kappa shape index (κ2) is 6.85. The predicted molar refractivity (Wildman–Crippen MR) is 98.1 cm³/mol. The van der Waals surface area contributed by atoms with Crippen molar-refractivity contribution in [2.24, 2.45) is 0 Å². The summed E-state index contributed by atoms with van der Waals surface area (Å²) in [5, 5.41) is 21.7. The molecule has 0 atom stereocenters. The fourth-order valence-electron chi connectivity index (χ4n) is 2.42. The van der Waals surface area contributed by atoms with E-state index in [1.54, 1.807) is 0 Å². The van der Waals surface area contributed by atoms with Gasteiger partial charge in [-0.25, -0.2) is 4.98 Å². The average molecular weight is 469 g/mol. The van der Waals surface area contributed by atoms with Gasteiger partial charge in [0.05, 0.1) is 21.6 Å². The number of carbonyl (C=O) groups is 2. The maximum atomic E-state index is 12.1. The number of hydrogen-bond donors (Lipinski definition) is 3. The molecule has 0 fully saturated rings. The van der Waals surface area contributed by atoms with Crippen LogP contribution in [0.4, 0.5) is 0 Å². The van der Waals surface area contributed by atoms with Crippen molar-refractivity contribution in [1.82, 2.24) is 14.9 Å². The molecule has 9 heteroatoms. The molecule has 0 saturated carbocycles. The highest BCUT2D eigenvalue weighted by Gasteiger charge is 2.23. The SMILES string of the molecule is O=C(O)CNC(=O)c1ncc2c(c1O)c(Br)c(Br)n2-c1ccccc1.